The fraction of sp³-hybridized carbons (Fsp3) is 0.292. The zero-order chi connectivity index (χ0) is 21.2. The van der Waals surface area contributed by atoms with E-state index in [1.54, 1.807) is 6.20 Å². The van der Waals surface area contributed by atoms with Gasteiger partial charge in [-0.05, 0) is 60.1 Å². The summed E-state index contributed by atoms with van der Waals surface area (Å²) in [6, 6.07) is 12.5. The number of hydrogen-bond acceptors (Lipinski definition) is 7. The third kappa shape index (κ3) is 4.36. The van der Waals surface area contributed by atoms with Crippen LogP contribution in [-0.4, -0.2) is 53.1 Å². The summed E-state index contributed by atoms with van der Waals surface area (Å²) >= 11 is 0. The summed E-state index contributed by atoms with van der Waals surface area (Å²) in [5.74, 6) is 1.27. The van der Waals surface area contributed by atoms with Crippen molar-refractivity contribution in [2.24, 2.45) is 0 Å². The van der Waals surface area contributed by atoms with E-state index >= 15 is 0 Å². The summed E-state index contributed by atoms with van der Waals surface area (Å²) in [6.07, 6.45) is 7.50. The largest absolute Gasteiger partial charge is 0.384 e. The van der Waals surface area contributed by atoms with E-state index in [-0.39, 0.29) is 0 Å². The predicted octanol–water partition coefficient (Wildman–Crippen LogP) is 2.90. The van der Waals surface area contributed by atoms with Gasteiger partial charge in [0.2, 0.25) is 5.95 Å². The van der Waals surface area contributed by atoms with Crippen molar-refractivity contribution >= 4 is 29.6 Å². The predicted molar refractivity (Wildman–Crippen MR) is 126 cm³/mol. The number of nitrogen functional groups attached to an aromatic ring is 1. The third-order valence-electron chi connectivity index (χ3n) is 5.98. The molecule has 0 amide bonds. The topological polar surface area (TPSA) is 74.4 Å². The van der Waals surface area contributed by atoms with E-state index in [9.17, 15) is 0 Å². The monoisotopic (exact) mass is 413 g/mol. The number of pyridine rings is 1. The number of aromatic nitrogens is 3. The Morgan fingerprint density at radius 3 is 2.48 bits per heavy atom. The second-order valence-electron chi connectivity index (χ2n) is 8.23. The minimum absolute atomic E-state index is 0.510. The lowest BCUT2D eigenvalue weighted by atomic mass is 10.1. The van der Waals surface area contributed by atoms with Crippen LogP contribution in [0.4, 0.5) is 17.5 Å². The number of piperazine rings is 1. The molecule has 2 aromatic heterocycles. The van der Waals surface area contributed by atoms with Crippen molar-refractivity contribution in [3.05, 3.63) is 71.2 Å². The van der Waals surface area contributed by atoms with Crippen molar-refractivity contribution in [1.82, 2.24) is 19.9 Å². The maximum atomic E-state index is 5.76. The Morgan fingerprint density at radius 1 is 0.839 bits per heavy atom. The molecule has 158 valence electrons. The molecule has 1 saturated heterocycles. The molecule has 2 aliphatic rings. The van der Waals surface area contributed by atoms with Crippen molar-refractivity contribution in [3.8, 4) is 0 Å². The third-order valence-corrected chi connectivity index (χ3v) is 5.98. The lowest BCUT2D eigenvalue weighted by molar-refractivity contribution is 0.313. The normalized spacial score (nSPS) is 16.8. The summed E-state index contributed by atoms with van der Waals surface area (Å²) in [5, 5.41) is 0. The van der Waals surface area contributed by atoms with Crippen LogP contribution in [0.15, 0.2) is 48.8 Å². The van der Waals surface area contributed by atoms with Crippen molar-refractivity contribution in [1.29, 1.82) is 0 Å². The first-order valence-corrected chi connectivity index (χ1v) is 10.7. The van der Waals surface area contributed by atoms with E-state index in [4.69, 9.17) is 10.7 Å². The molecule has 31 heavy (non-hydrogen) atoms. The lowest BCUT2D eigenvalue weighted by Gasteiger charge is -2.34. The molecule has 0 bridgehead atoms. The SMILES string of the molecule is CN1CCN(c2ccc3c(c2)CN(c2nccc(/C=C/c4ccnc(N)c4)n2)C3)CC1. The molecule has 0 spiro atoms. The maximum absolute atomic E-state index is 5.76. The van der Waals surface area contributed by atoms with Gasteiger partial charge in [-0.2, -0.15) is 0 Å². The second kappa shape index (κ2) is 8.35. The molecule has 5 rings (SSSR count). The van der Waals surface area contributed by atoms with Crippen molar-refractivity contribution < 1.29 is 0 Å². The summed E-state index contributed by atoms with van der Waals surface area (Å²) in [7, 11) is 2.19. The first kappa shape index (κ1) is 19.5. The van der Waals surface area contributed by atoms with Gasteiger partial charge in [0.25, 0.3) is 0 Å². The van der Waals surface area contributed by atoms with Gasteiger partial charge in [-0.15, -0.1) is 0 Å². The molecule has 1 fully saturated rings. The van der Waals surface area contributed by atoms with E-state index in [0.29, 0.717) is 5.82 Å². The Balaban J connectivity index is 1.30. The van der Waals surface area contributed by atoms with Gasteiger partial charge in [-0.3, -0.25) is 0 Å². The first-order chi connectivity index (χ1) is 15.1. The highest BCUT2D eigenvalue weighted by Gasteiger charge is 2.23. The molecular weight excluding hydrogens is 386 g/mol. The average molecular weight is 414 g/mol. The van der Waals surface area contributed by atoms with E-state index in [1.807, 2.05) is 36.5 Å². The van der Waals surface area contributed by atoms with E-state index in [1.165, 1.54) is 16.8 Å². The highest BCUT2D eigenvalue weighted by molar-refractivity contribution is 5.69. The summed E-state index contributed by atoms with van der Waals surface area (Å²) in [6.45, 7) is 6.07. The van der Waals surface area contributed by atoms with Crippen LogP contribution in [0.3, 0.4) is 0 Å². The molecule has 0 unspecified atom stereocenters. The van der Waals surface area contributed by atoms with Gasteiger partial charge in [-0.1, -0.05) is 12.1 Å². The number of hydrogen-bond donors (Lipinski definition) is 1. The first-order valence-electron chi connectivity index (χ1n) is 10.7. The van der Waals surface area contributed by atoms with Crippen LogP contribution in [-0.2, 0) is 13.1 Å². The van der Waals surface area contributed by atoms with Crippen LogP contribution in [0.2, 0.25) is 0 Å². The van der Waals surface area contributed by atoms with Gasteiger partial charge >= 0.3 is 0 Å². The molecule has 7 heteroatoms. The summed E-state index contributed by atoms with van der Waals surface area (Å²) in [4.78, 5) is 20.4. The van der Waals surface area contributed by atoms with Gasteiger partial charge in [0.05, 0.1) is 5.69 Å². The molecule has 2 aliphatic heterocycles. The minimum Gasteiger partial charge on any atom is -0.384 e. The van der Waals surface area contributed by atoms with Crippen LogP contribution in [0, 0.1) is 0 Å². The Labute approximate surface area is 182 Å². The second-order valence-corrected chi connectivity index (χ2v) is 8.23. The molecule has 1 aromatic carbocycles. The Morgan fingerprint density at radius 2 is 1.65 bits per heavy atom. The van der Waals surface area contributed by atoms with Crippen LogP contribution < -0.4 is 15.5 Å². The highest BCUT2D eigenvalue weighted by atomic mass is 15.3. The quantitative estimate of drug-likeness (QED) is 0.705. The number of nitrogens with zero attached hydrogens (tertiary/aromatic N) is 6. The van der Waals surface area contributed by atoms with Gasteiger partial charge in [-0.25, -0.2) is 15.0 Å². The van der Waals surface area contributed by atoms with Crippen LogP contribution >= 0.6 is 0 Å². The molecule has 3 aromatic rings. The van der Waals surface area contributed by atoms with Gasteiger partial charge < -0.3 is 20.4 Å². The molecule has 0 aliphatic carbocycles. The lowest BCUT2D eigenvalue weighted by Crippen LogP contribution is -2.44. The van der Waals surface area contributed by atoms with Crippen molar-refractivity contribution in [3.63, 3.8) is 0 Å². The average Bonchev–Trinajstić information content (AvgIpc) is 3.22. The molecule has 0 saturated carbocycles. The van der Waals surface area contributed by atoms with Gasteiger partial charge in [0, 0.05) is 57.3 Å². The van der Waals surface area contributed by atoms with E-state index in [0.717, 1.165) is 56.5 Å². The molecule has 0 atom stereocenters. The number of rotatable bonds is 4. The Kier molecular flexibility index (Phi) is 5.26. The number of nitrogens with two attached hydrogens (primary N) is 1. The van der Waals surface area contributed by atoms with E-state index < -0.39 is 0 Å². The number of fused-ring (bicyclic) bond motifs is 1. The van der Waals surface area contributed by atoms with Crippen molar-refractivity contribution in [2.75, 3.05) is 48.8 Å². The van der Waals surface area contributed by atoms with E-state index in [2.05, 4.69) is 49.9 Å². The molecule has 0 radical (unpaired) electrons. The van der Waals surface area contributed by atoms with Gasteiger partial charge in [0.1, 0.15) is 5.82 Å². The van der Waals surface area contributed by atoms with Crippen molar-refractivity contribution in [2.45, 2.75) is 13.1 Å². The molecule has 2 N–H and O–H groups in total. The zero-order valence-corrected chi connectivity index (χ0v) is 17.8. The summed E-state index contributed by atoms with van der Waals surface area (Å²) < 4.78 is 0. The minimum atomic E-state index is 0.510. The standard InChI is InChI=1S/C24H27N7/c1-29-10-12-30(13-11-29)22-5-3-19-16-31(17-20(19)15-22)24-27-9-7-21(28-24)4-2-18-6-8-26-23(25)14-18/h2-9,14-15H,10-13,16-17H2,1H3,(H2,25,26)/b4-2+. The molecule has 7 nitrogen and oxygen atoms in total. The van der Waals surface area contributed by atoms with Crippen LogP contribution in [0.5, 0.6) is 0 Å². The summed E-state index contributed by atoms with van der Waals surface area (Å²) in [5.41, 5.74) is 11.7. The number of anilines is 3. The number of benzene rings is 1. The fourth-order valence-electron chi connectivity index (χ4n) is 4.14. The fourth-order valence-corrected chi connectivity index (χ4v) is 4.14. The van der Waals surface area contributed by atoms with Crippen LogP contribution in [0.1, 0.15) is 22.4 Å². The van der Waals surface area contributed by atoms with Gasteiger partial charge in [0.15, 0.2) is 0 Å². The maximum Gasteiger partial charge on any atom is 0.226 e. The van der Waals surface area contributed by atoms with Crippen LogP contribution in [0.25, 0.3) is 12.2 Å². The zero-order valence-electron chi connectivity index (χ0n) is 17.8. The Hall–Kier alpha value is -3.45. The molecule has 4 heterocycles. The number of likely N-dealkylation sites (N-methyl/N-ethyl adjacent to an activating group) is 1. The molecular formula is C24H27N7. The highest BCUT2D eigenvalue weighted by Crippen LogP contribution is 2.30. The Bertz CT molecular complexity index is 1100. The smallest absolute Gasteiger partial charge is 0.226 e.